The summed E-state index contributed by atoms with van der Waals surface area (Å²) < 4.78 is 5.50. The van der Waals surface area contributed by atoms with Crippen LogP contribution in [0.15, 0.2) is 29.6 Å². The van der Waals surface area contributed by atoms with E-state index in [0.29, 0.717) is 26.4 Å². The molecule has 21 heavy (non-hydrogen) atoms. The molecule has 1 heterocycles. The molecule has 1 aromatic carbocycles. The van der Waals surface area contributed by atoms with Gasteiger partial charge in [0.25, 0.3) is 5.91 Å². The van der Waals surface area contributed by atoms with E-state index < -0.39 is 6.10 Å². The minimum atomic E-state index is -0.783. The first-order valence-electron chi connectivity index (χ1n) is 5.91. The summed E-state index contributed by atoms with van der Waals surface area (Å²) >= 11 is 13.1. The number of nitrogens with zero attached hydrogens (tertiary/aromatic N) is 1. The molecule has 0 fully saturated rings. The second-order valence-electron chi connectivity index (χ2n) is 4.10. The second kappa shape index (κ2) is 6.81. The Kier molecular flexibility index (Phi) is 5.07. The highest BCUT2D eigenvalue weighted by Crippen LogP contribution is 2.29. The van der Waals surface area contributed by atoms with Crippen molar-refractivity contribution in [1.82, 2.24) is 0 Å². The van der Waals surface area contributed by atoms with E-state index in [4.69, 9.17) is 33.2 Å². The van der Waals surface area contributed by atoms with E-state index in [1.807, 2.05) is 6.07 Å². The third kappa shape index (κ3) is 3.88. The Morgan fingerprint density at radius 3 is 2.90 bits per heavy atom. The molecule has 0 saturated carbocycles. The molecule has 1 amide bonds. The Bertz CT molecular complexity index is 709. The van der Waals surface area contributed by atoms with Gasteiger partial charge in [-0.1, -0.05) is 23.2 Å². The van der Waals surface area contributed by atoms with E-state index in [1.54, 1.807) is 36.6 Å². The molecule has 0 aliphatic heterocycles. The first-order valence-corrected chi connectivity index (χ1v) is 7.55. The maximum absolute atomic E-state index is 12.1. The molecule has 4 nitrogen and oxygen atoms in total. The van der Waals surface area contributed by atoms with Crippen LogP contribution in [-0.4, -0.2) is 12.0 Å². The average molecular weight is 341 g/mol. The van der Waals surface area contributed by atoms with Crippen LogP contribution < -0.4 is 10.1 Å². The second-order valence-corrected chi connectivity index (χ2v) is 5.86. The Labute approximate surface area is 135 Å². The number of anilines is 1. The molecule has 0 spiro atoms. The van der Waals surface area contributed by atoms with Gasteiger partial charge in [0.2, 0.25) is 0 Å². The van der Waals surface area contributed by atoms with Crippen LogP contribution in [0.25, 0.3) is 0 Å². The minimum absolute atomic E-state index is 0.332. The van der Waals surface area contributed by atoms with E-state index in [9.17, 15) is 4.79 Å². The highest BCUT2D eigenvalue weighted by Gasteiger charge is 2.18. The summed E-state index contributed by atoms with van der Waals surface area (Å²) in [5.41, 5.74) is 0.418. The van der Waals surface area contributed by atoms with Crippen molar-refractivity contribution >= 4 is 45.4 Å². The topological polar surface area (TPSA) is 62.1 Å². The lowest BCUT2D eigenvalue weighted by atomic mass is 10.3. The summed E-state index contributed by atoms with van der Waals surface area (Å²) in [4.78, 5) is 12.1. The third-order valence-electron chi connectivity index (χ3n) is 2.59. The van der Waals surface area contributed by atoms with Crippen molar-refractivity contribution in [3.05, 3.63) is 45.3 Å². The van der Waals surface area contributed by atoms with Gasteiger partial charge in [-0.05, 0) is 30.5 Å². The van der Waals surface area contributed by atoms with Gasteiger partial charge in [0.15, 0.2) is 6.10 Å². The van der Waals surface area contributed by atoms with E-state index in [2.05, 4.69) is 5.32 Å². The summed E-state index contributed by atoms with van der Waals surface area (Å²) in [6, 6.07) is 8.41. The SMILES string of the molecule is C[C@@H](Oc1cc(Cl)ccc1Cl)C(=O)Nc1sccc1C#N. The molecule has 0 aliphatic carbocycles. The average Bonchev–Trinajstić information content (AvgIpc) is 2.90. The van der Waals surface area contributed by atoms with E-state index in [-0.39, 0.29) is 5.91 Å². The smallest absolute Gasteiger partial charge is 0.265 e. The van der Waals surface area contributed by atoms with Gasteiger partial charge in [-0.25, -0.2) is 0 Å². The zero-order valence-electron chi connectivity index (χ0n) is 10.9. The Morgan fingerprint density at radius 1 is 1.43 bits per heavy atom. The lowest BCUT2D eigenvalue weighted by Crippen LogP contribution is -2.30. The molecule has 1 N–H and O–H groups in total. The molecule has 2 rings (SSSR count). The maximum atomic E-state index is 12.1. The van der Waals surface area contributed by atoms with Gasteiger partial charge in [0.1, 0.15) is 16.8 Å². The van der Waals surface area contributed by atoms with Crippen LogP contribution in [-0.2, 0) is 4.79 Å². The molecule has 0 unspecified atom stereocenters. The lowest BCUT2D eigenvalue weighted by Gasteiger charge is -2.15. The van der Waals surface area contributed by atoms with Crippen LogP contribution in [0.1, 0.15) is 12.5 Å². The summed E-state index contributed by atoms with van der Waals surface area (Å²) in [7, 11) is 0. The molecule has 0 aliphatic rings. The number of nitriles is 1. The number of hydrogen-bond donors (Lipinski definition) is 1. The van der Waals surface area contributed by atoms with Gasteiger partial charge in [-0.2, -0.15) is 5.26 Å². The lowest BCUT2D eigenvalue weighted by molar-refractivity contribution is -0.122. The molecule has 1 aromatic heterocycles. The van der Waals surface area contributed by atoms with Crippen LogP contribution in [0.5, 0.6) is 5.75 Å². The predicted octanol–water partition coefficient (Wildman–Crippen LogP) is 4.33. The Balaban J connectivity index is 2.06. The zero-order valence-corrected chi connectivity index (χ0v) is 13.2. The van der Waals surface area contributed by atoms with Crippen molar-refractivity contribution in [1.29, 1.82) is 5.26 Å². The molecule has 1 atom stereocenters. The van der Waals surface area contributed by atoms with Crippen molar-refractivity contribution in [2.45, 2.75) is 13.0 Å². The molecule has 0 radical (unpaired) electrons. The number of carbonyl (C=O) groups excluding carboxylic acids is 1. The Morgan fingerprint density at radius 2 is 2.19 bits per heavy atom. The molecular weight excluding hydrogens is 331 g/mol. The number of nitrogens with one attached hydrogen (secondary N) is 1. The molecule has 2 aromatic rings. The first kappa shape index (κ1) is 15.6. The summed E-state index contributed by atoms with van der Waals surface area (Å²) in [5, 5.41) is 14.6. The molecule has 7 heteroatoms. The Hall–Kier alpha value is -1.74. The van der Waals surface area contributed by atoms with Crippen molar-refractivity contribution in [2.24, 2.45) is 0 Å². The number of benzene rings is 1. The number of hydrogen-bond acceptors (Lipinski definition) is 4. The fraction of sp³-hybridized carbons (Fsp3) is 0.143. The van der Waals surface area contributed by atoms with Crippen LogP contribution in [0.3, 0.4) is 0 Å². The third-order valence-corrected chi connectivity index (χ3v) is 3.97. The fourth-order valence-electron chi connectivity index (χ4n) is 1.52. The summed E-state index contributed by atoms with van der Waals surface area (Å²) in [6.07, 6.45) is -0.783. The number of rotatable bonds is 4. The van der Waals surface area contributed by atoms with Gasteiger partial charge in [-0.3, -0.25) is 4.79 Å². The molecule has 0 saturated heterocycles. The number of thiophene rings is 1. The van der Waals surface area contributed by atoms with Crippen LogP contribution in [0, 0.1) is 11.3 Å². The summed E-state index contributed by atoms with van der Waals surface area (Å²) in [5.74, 6) is -0.0384. The quantitative estimate of drug-likeness (QED) is 0.900. The monoisotopic (exact) mass is 340 g/mol. The fourth-order valence-corrected chi connectivity index (χ4v) is 2.58. The van der Waals surface area contributed by atoms with Gasteiger partial charge in [0, 0.05) is 11.1 Å². The molecule has 108 valence electrons. The standard InChI is InChI=1S/C14H10Cl2N2O2S/c1-8(20-12-6-10(15)2-3-11(12)16)13(19)18-14-9(7-17)4-5-21-14/h2-6,8H,1H3,(H,18,19)/t8-/m1/s1. The number of amides is 1. The van der Waals surface area contributed by atoms with Crippen molar-refractivity contribution in [3.8, 4) is 11.8 Å². The molecular formula is C14H10Cl2N2O2S. The van der Waals surface area contributed by atoms with Crippen LogP contribution in [0.4, 0.5) is 5.00 Å². The van der Waals surface area contributed by atoms with Crippen molar-refractivity contribution < 1.29 is 9.53 Å². The maximum Gasteiger partial charge on any atom is 0.265 e. The first-order chi connectivity index (χ1) is 10.0. The van der Waals surface area contributed by atoms with Gasteiger partial charge >= 0.3 is 0 Å². The number of ether oxygens (including phenoxy) is 1. The van der Waals surface area contributed by atoms with Crippen molar-refractivity contribution in [3.63, 3.8) is 0 Å². The minimum Gasteiger partial charge on any atom is -0.479 e. The predicted molar refractivity (Wildman–Crippen MR) is 84.2 cm³/mol. The molecule has 0 bridgehead atoms. The number of carbonyl (C=O) groups is 1. The van der Waals surface area contributed by atoms with Gasteiger partial charge < -0.3 is 10.1 Å². The van der Waals surface area contributed by atoms with E-state index in [1.165, 1.54) is 11.3 Å². The van der Waals surface area contributed by atoms with Crippen molar-refractivity contribution in [2.75, 3.05) is 5.32 Å². The summed E-state index contributed by atoms with van der Waals surface area (Å²) in [6.45, 7) is 1.59. The highest BCUT2D eigenvalue weighted by molar-refractivity contribution is 7.14. The van der Waals surface area contributed by atoms with Crippen LogP contribution in [0.2, 0.25) is 10.0 Å². The van der Waals surface area contributed by atoms with Gasteiger partial charge in [-0.15, -0.1) is 11.3 Å². The van der Waals surface area contributed by atoms with Crippen LogP contribution >= 0.6 is 34.5 Å². The van der Waals surface area contributed by atoms with E-state index in [0.717, 1.165) is 0 Å². The highest BCUT2D eigenvalue weighted by atomic mass is 35.5. The normalized spacial score (nSPS) is 11.5. The number of halogens is 2. The van der Waals surface area contributed by atoms with E-state index >= 15 is 0 Å². The largest absolute Gasteiger partial charge is 0.479 e. The van der Waals surface area contributed by atoms with Gasteiger partial charge in [0.05, 0.1) is 10.6 Å². The zero-order chi connectivity index (χ0) is 15.4.